The Hall–Kier alpha value is -1.72. The van der Waals surface area contributed by atoms with Crippen LogP contribution in [0.3, 0.4) is 0 Å². The summed E-state index contributed by atoms with van der Waals surface area (Å²) in [5.74, 6) is 0.0984. The van der Waals surface area contributed by atoms with Gasteiger partial charge in [-0.1, -0.05) is 17.7 Å². The van der Waals surface area contributed by atoms with Gasteiger partial charge < -0.3 is 10.6 Å². The van der Waals surface area contributed by atoms with Crippen LogP contribution in [0.25, 0.3) is 0 Å². The molecule has 0 amide bonds. The summed E-state index contributed by atoms with van der Waals surface area (Å²) in [5, 5.41) is 6.76. The SMILES string of the molecule is Fc1cccc(Nc2nc(Cl)c3c(n2)CCNCC3)c1. The van der Waals surface area contributed by atoms with E-state index in [-0.39, 0.29) is 5.82 Å². The maximum atomic E-state index is 13.2. The molecule has 1 aromatic heterocycles. The molecule has 0 unspecified atom stereocenters. The van der Waals surface area contributed by atoms with Crippen molar-refractivity contribution in [3.63, 3.8) is 0 Å². The van der Waals surface area contributed by atoms with Gasteiger partial charge in [-0.2, -0.15) is 0 Å². The smallest absolute Gasteiger partial charge is 0.228 e. The summed E-state index contributed by atoms with van der Waals surface area (Å²) in [6.45, 7) is 1.76. The van der Waals surface area contributed by atoms with Crippen molar-refractivity contribution in [2.45, 2.75) is 12.8 Å². The van der Waals surface area contributed by atoms with Crippen LogP contribution in [-0.4, -0.2) is 23.1 Å². The van der Waals surface area contributed by atoms with Gasteiger partial charge in [0.15, 0.2) is 0 Å². The highest BCUT2D eigenvalue weighted by Crippen LogP contribution is 2.23. The second-order valence-electron chi connectivity index (χ2n) is 4.65. The summed E-state index contributed by atoms with van der Waals surface area (Å²) in [6, 6.07) is 6.17. The number of aromatic nitrogens is 2. The number of hydrogen-bond donors (Lipinski definition) is 2. The number of rotatable bonds is 2. The normalized spacial score (nSPS) is 14.5. The highest BCUT2D eigenvalue weighted by molar-refractivity contribution is 6.30. The molecule has 0 aliphatic carbocycles. The van der Waals surface area contributed by atoms with Crippen LogP contribution in [0.1, 0.15) is 11.3 Å². The van der Waals surface area contributed by atoms with E-state index in [2.05, 4.69) is 20.6 Å². The Morgan fingerprint density at radius 2 is 2.05 bits per heavy atom. The first kappa shape index (κ1) is 13.3. The van der Waals surface area contributed by atoms with Crippen molar-refractivity contribution in [2.24, 2.45) is 0 Å². The molecule has 4 nitrogen and oxygen atoms in total. The Balaban J connectivity index is 1.91. The molecule has 1 aliphatic heterocycles. The Morgan fingerprint density at radius 3 is 2.90 bits per heavy atom. The highest BCUT2D eigenvalue weighted by Gasteiger charge is 2.15. The van der Waals surface area contributed by atoms with Gasteiger partial charge in [0.2, 0.25) is 5.95 Å². The van der Waals surface area contributed by atoms with Gasteiger partial charge >= 0.3 is 0 Å². The van der Waals surface area contributed by atoms with Gasteiger partial charge in [-0.25, -0.2) is 14.4 Å². The number of nitrogens with zero attached hydrogens (tertiary/aromatic N) is 2. The number of nitrogens with one attached hydrogen (secondary N) is 2. The number of benzene rings is 1. The molecule has 104 valence electrons. The molecule has 0 saturated carbocycles. The zero-order valence-corrected chi connectivity index (χ0v) is 11.5. The molecule has 0 radical (unpaired) electrons. The van der Waals surface area contributed by atoms with Crippen molar-refractivity contribution < 1.29 is 4.39 Å². The lowest BCUT2D eigenvalue weighted by Gasteiger charge is -2.10. The molecule has 2 N–H and O–H groups in total. The summed E-state index contributed by atoms with van der Waals surface area (Å²) < 4.78 is 13.2. The van der Waals surface area contributed by atoms with Gasteiger partial charge in [0.25, 0.3) is 0 Å². The Labute approximate surface area is 121 Å². The van der Waals surface area contributed by atoms with E-state index in [9.17, 15) is 4.39 Å². The summed E-state index contributed by atoms with van der Waals surface area (Å²) in [5.41, 5.74) is 2.56. The van der Waals surface area contributed by atoms with Gasteiger partial charge in [-0.3, -0.25) is 0 Å². The molecule has 0 fully saturated rings. The van der Waals surface area contributed by atoms with Crippen molar-refractivity contribution in [3.05, 3.63) is 46.5 Å². The van der Waals surface area contributed by atoms with Crippen molar-refractivity contribution in [2.75, 3.05) is 18.4 Å². The fourth-order valence-corrected chi connectivity index (χ4v) is 2.53. The first-order chi connectivity index (χ1) is 9.72. The van der Waals surface area contributed by atoms with E-state index < -0.39 is 0 Å². The minimum atomic E-state index is -0.306. The maximum absolute atomic E-state index is 13.2. The van der Waals surface area contributed by atoms with Gasteiger partial charge in [0.1, 0.15) is 11.0 Å². The molecule has 6 heteroatoms. The number of hydrogen-bond acceptors (Lipinski definition) is 4. The van der Waals surface area contributed by atoms with E-state index >= 15 is 0 Å². The topological polar surface area (TPSA) is 49.8 Å². The van der Waals surface area contributed by atoms with Crippen LogP contribution in [0, 0.1) is 5.82 Å². The molecule has 1 aromatic carbocycles. The summed E-state index contributed by atoms with van der Waals surface area (Å²) >= 11 is 6.22. The van der Waals surface area contributed by atoms with Crippen molar-refractivity contribution in [1.82, 2.24) is 15.3 Å². The predicted octanol–water partition coefficient (Wildman–Crippen LogP) is 2.70. The highest BCUT2D eigenvalue weighted by atomic mass is 35.5. The average molecular weight is 293 g/mol. The molecule has 20 heavy (non-hydrogen) atoms. The quantitative estimate of drug-likeness (QED) is 0.836. The maximum Gasteiger partial charge on any atom is 0.228 e. The van der Waals surface area contributed by atoms with E-state index in [0.717, 1.165) is 37.2 Å². The minimum Gasteiger partial charge on any atom is -0.324 e. The second kappa shape index (κ2) is 5.73. The van der Waals surface area contributed by atoms with Crippen LogP contribution < -0.4 is 10.6 Å². The molecule has 0 bridgehead atoms. The molecule has 1 aliphatic rings. The first-order valence-corrected chi connectivity index (χ1v) is 6.89. The van der Waals surface area contributed by atoms with E-state index in [1.165, 1.54) is 12.1 Å². The molecular weight excluding hydrogens is 279 g/mol. The average Bonchev–Trinajstić information content (AvgIpc) is 2.64. The van der Waals surface area contributed by atoms with Gasteiger partial charge in [0.05, 0.1) is 5.69 Å². The predicted molar refractivity (Wildman–Crippen MR) is 77.0 cm³/mol. The van der Waals surface area contributed by atoms with Crippen molar-refractivity contribution in [3.8, 4) is 0 Å². The molecule has 3 rings (SSSR count). The molecule has 0 saturated heterocycles. The summed E-state index contributed by atoms with van der Waals surface area (Å²) in [6.07, 6.45) is 1.64. The lowest BCUT2D eigenvalue weighted by atomic mass is 10.1. The monoisotopic (exact) mass is 292 g/mol. The van der Waals surface area contributed by atoms with Gasteiger partial charge in [0, 0.05) is 24.2 Å². The molecular formula is C14H14ClFN4. The third-order valence-corrected chi connectivity index (χ3v) is 3.53. The van der Waals surface area contributed by atoms with Gasteiger partial charge in [-0.05, 0) is 31.2 Å². The number of halogens is 2. The van der Waals surface area contributed by atoms with E-state index in [1.54, 1.807) is 12.1 Å². The fraction of sp³-hybridized carbons (Fsp3) is 0.286. The first-order valence-electron chi connectivity index (χ1n) is 6.51. The van der Waals surface area contributed by atoms with E-state index in [1.807, 2.05) is 0 Å². The van der Waals surface area contributed by atoms with Crippen LogP contribution in [0.5, 0.6) is 0 Å². The zero-order valence-electron chi connectivity index (χ0n) is 10.8. The Morgan fingerprint density at radius 1 is 1.20 bits per heavy atom. The van der Waals surface area contributed by atoms with Crippen molar-refractivity contribution >= 4 is 23.2 Å². The molecule has 0 atom stereocenters. The number of anilines is 2. The van der Waals surface area contributed by atoms with Gasteiger partial charge in [-0.15, -0.1) is 0 Å². The lowest BCUT2D eigenvalue weighted by Crippen LogP contribution is -2.16. The molecule has 0 spiro atoms. The van der Waals surface area contributed by atoms with Crippen LogP contribution in [0.2, 0.25) is 5.15 Å². The van der Waals surface area contributed by atoms with E-state index in [0.29, 0.717) is 16.8 Å². The third kappa shape index (κ3) is 2.89. The van der Waals surface area contributed by atoms with Crippen LogP contribution >= 0.6 is 11.6 Å². The largest absolute Gasteiger partial charge is 0.324 e. The van der Waals surface area contributed by atoms with Crippen LogP contribution in [0.4, 0.5) is 16.0 Å². The summed E-state index contributed by atoms with van der Waals surface area (Å²) in [7, 11) is 0. The lowest BCUT2D eigenvalue weighted by molar-refractivity contribution is 0.628. The second-order valence-corrected chi connectivity index (χ2v) is 5.01. The number of fused-ring (bicyclic) bond motifs is 1. The Bertz CT molecular complexity index is 633. The van der Waals surface area contributed by atoms with Crippen LogP contribution in [-0.2, 0) is 12.8 Å². The summed E-state index contributed by atoms with van der Waals surface area (Å²) in [4.78, 5) is 8.74. The molecule has 2 aromatic rings. The fourth-order valence-electron chi connectivity index (χ4n) is 2.25. The third-order valence-electron chi connectivity index (χ3n) is 3.21. The molecule has 2 heterocycles. The Kier molecular flexibility index (Phi) is 3.80. The minimum absolute atomic E-state index is 0.306. The van der Waals surface area contributed by atoms with Crippen LogP contribution in [0.15, 0.2) is 24.3 Å². The van der Waals surface area contributed by atoms with Crippen molar-refractivity contribution in [1.29, 1.82) is 0 Å². The standard InChI is InChI=1S/C14H14ClFN4/c15-13-11-4-6-17-7-5-12(11)19-14(20-13)18-10-3-1-2-9(16)8-10/h1-3,8,17H,4-7H2,(H,18,19,20). The zero-order chi connectivity index (χ0) is 13.9. The van der Waals surface area contributed by atoms with E-state index in [4.69, 9.17) is 11.6 Å².